The van der Waals surface area contributed by atoms with E-state index in [2.05, 4.69) is 29.3 Å². The van der Waals surface area contributed by atoms with E-state index in [4.69, 9.17) is 9.26 Å². The fourth-order valence-electron chi connectivity index (χ4n) is 4.65. The fourth-order valence-corrected chi connectivity index (χ4v) is 4.65. The molecule has 0 spiro atoms. The molecule has 1 saturated carbocycles. The van der Waals surface area contributed by atoms with Crippen molar-refractivity contribution in [2.24, 2.45) is 17.8 Å². The summed E-state index contributed by atoms with van der Waals surface area (Å²) in [6.45, 7) is 6.00. The Kier molecular flexibility index (Phi) is 6.25. The molecule has 0 bridgehead atoms. The molecule has 4 atom stereocenters. The van der Waals surface area contributed by atoms with Gasteiger partial charge in [-0.15, -0.1) is 0 Å². The van der Waals surface area contributed by atoms with Crippen LogP contribution in [0.25, 0.3) is 11.4 Å². The van der Waals surface area contributed by atoms with Gasteiger partial charge in [0.2, 0.25) is 11.7 Å². The van der Waals surface area contributed by atoms with Gasteiger partial charge in [-0.25, -0.2) is 0 Å². The van der Waals surface area contributed by atoms with E-state index in [0.29, 0.717) is 36.3 Å². The average molecular weight is 413 g/mol. The van der Waals surface area contributed by atoms with Crippen molar-refractivity contribution in [3.63, 3.8) is 0 Å². The summed E-state index contributed by atoms with van der Waals surface area (Å²) in [5, 5.41) is 7.47. The molecule has 1 saturated heterocycles. The summed E-state index contributed by atoms with van der Waals surface area (Å²) < 4.78 is 10.7. The lowest BCUT2D eigenvalue weighted by Crippen LogP contribution is -2.49. The van der Waals surface area contributed by atoms with E-state index in [1.807, 2.05) is 29.2 Å². The molecule has 4 rings (SSSR count). The smallest absolute Gasteiger partial charge is 0.324 e. The first-order valence-corrected chi connectivity index (χ1v) is 11.1. The predicted molar refractivity (Wildman–Crippen MR) is 115 cm³/mol. The molecule has 1 N–H and O–H groups in total. The van der Waals surface area contributed by atoms with Crippen molar-refractivity contribution in [1.29, 1.82) is 0 Å². The van der Waals surface area contributed by atoms with Crippen molar-refractivity contribution >= 4 is 11.9 Å². The van der Waals surface area contributed by atoms with Gasteiger partial charge in [0.1, 0.15) is 5.75 Å². The van der Waals surface area contributed by atoms with E-state index in [1.54, 1.807) is 7.11 Å². The molecular weight excluding hydrogens is 380 g/mol. The summed E-state index contributed by atoms with van der Waals surface area (Å²) in [4.78, 5) is 19.6. The SMILES string of the molecule is COc1ccc(-c2noc(N3CCC[C@H](C(=O)N[C@@H]4CCC[C@H](C)[C@@H]4C)C3)n2)cc1. The zero-order chi connectivity index (χ0) is 21.1. The van der Waals surface area contributed by atoms with Crippen LogP contribution in [0.3, 0.4) is 0 Å². The van der Waals surface area contributed by atoms with Crippen molar-refractivity contribution in [3.8, 4) is 17.1 Å². The van der Waals surface area contributed by atoms with Gasteiger partial charge < -0.3 is 19.5 Å². The zero-order valence-electron chi connectivity index (χ0n) is 18.1. The van der Waals surface area contributed by atoms with Gasteiger partial charge in [0.25, 0.3) is 0 Å². The van der Waals surface area contributed by atoms with Crippen LogP contribution in [-0.4, -0.2) is 42.3 Å². The second-order valence-electron chi connectivity index (χ2n) is 8.80. The highest BCUT2D eigenvalue weighted by atomic mass is 16.5. The number of benzene rings is 1. The minimum Gasteiger partial charge on any atom is -0.497 e. The standard InChI is InChI=1S/C23H32N4O3/c1-15-6-4-8-20(16(15)2)24-22(28)18-7-5-13-27(14-18)23-25-21(26-30-23)17-9-11-19(29-3)12-10-17/h9-12,15-16,18,20H,4-8,13-14H2,1-3H3,(H,24,28)/t15-,16-,18-,20+/m0/s1. The Hall–Kier alpha value is -2.57. The van der Waals surface area contributed by atoms with Crippen LogP contribution in [0.5, 0.6) is 5.75 Å². The lowest BCUT2D eigenvalue weighted by molar-refractivity contribution is -0.126. The Morgan fingerprint density at radius 2 is 1.97 bits per heavy atom. The van der Waals surface area contributed by atoms with Crippen molar-refractivity contribution in [2.45, 2.75) is 52.0 Å². The molecule has 2 fully saturated rings. The highest BCUT2D eigenvalue weighted by molar-refractivity contribution is 5.79. The Balaban J connectivity index is 1.39. The second kappa shape index (κ2) is 9.06. The Bertz CT molecular complexity index is 850. The number of hydrogen-bond acceptors (Lipinski definition) is 6. The monoisotopic (exact) mass is 412 g/mol. The van der Waals surface area contributed by atoms with Gasteiger partial charge in [0.15, 0.2) is 0 Å². The van der Waals surface area contributed by atoms with E-state index in [9.17, 15) is 4.79 Å². The van der Waals surface area contributed by atoms with Gasteiger partial charge in [-0.3, -0.25) is 4.79 Å². The van der Waals surface area contributed by atoms with Gasteiger partial charge in [-0.1, -0.05) is 31.8 Å². The van der Waals surface area contributed by atoms with Crippen LogP contribution in [0.1, 0.15) is 46.0 Å². The molecule has 2 aliphatic rings. The molecule has 7 heteroatoms. The number of carbonyl (C=O) groups is 1. The third-order valence-corrected chi connectivity index (χ3v) is 6.86. The molecule has 0 radical (unpaired) electrons. The first-order chi connectivity index (χ1) is 14.5. The lowest BCUT2D eigenvalue weighted by atomic mass is 9.78. The van der Waals surface area contributed by atoms with Crippen molar-refractivity contribution in [2.75, 3.05) is 25.1 Å². The zero-order valence-corrected chi connectivity index (χ0v) is 18.1. The van der Waals surface area contributed by atoms with Gasteiger partial charge in [0, 0.05) is 24.7 Å². The number of anilines is 1. The molecular formula is C23H32N4O3. The van der Waals surface area contributed by atoms with Crippen LogP contribution in [-0.2, 0) is 4.79 Å². The molecule has 1 aliphatic carbocycles. The van der Waals surface area contributed by atoms with Gasteiger partial charge in [-0.2, -0.15) is 4.98 Å². The molecule has 1 aromatic heterocycles. The van der Waals surface area contributed by atoms with Gasteiger partial charge in [0.05, 0.1) is 13.0 Å². The van der Waals surface area contributed by atoms with E-state index in [1.165, 1.54) is 12.8 Å². The molecule has 30 heavy (non-hydrogen) atoms. The first kappa shape index (κ1) is 20.7. The Morgan fingerprint density at radius 3 is 2.73 bits per heavy atom. The second-order valence-corrected chi connectivity index (χ2v) is 8.80. The summed E-state index contributed by atoms with van der Waals surface area (Å²) >= 11 is 0. The van der Waals surface area contributed by atoms with Crippen LogP contribution in [0.4, 0.5) is 6.01 Å². The topological polar surface area (TPSA) is 80.5 Å². The molecule has 1 aromatic carbocycles. The minimum absolute atomic E-state index is 0.0421. The molecule has 7 nitrogen and oxygen atoms in total. The highest BCUT2D eigenvalue weighted by Crippen LogP contribution is 2.30. The average Bonchev–Trinajstić information content (AvgIpc) is 3.27. The third kappa shape index (κ3) is 4.45. The largest absolute Gasteiger partial charge is 0.497 e. The number of ether oxygens (including phenoxy) is 1. The molecule has 0 unspecified atom stereocenters. The number of hydrogen-bond donors (Lipinski definition) is 1. The summed E-state index contributed by atoms with van der Waals surface area (Å²) in [6, 6.07) is 8.34. The Morgan fingerprint density at radius 1 is 1.17 bits per heavy atom. The van der Waals surface area contributed by atoms with Crippen LogP contribution in [0.2, 0.25) is 0 Å². The first-order valence-electron chi connectivity index (χ1n) is 11.1. The number of carbonyl (C=O) groups excluding carboxylic acids is 1. The van der Waals surface area contributed by atoms with E-state index >= 15 is 0 Å². The summed E-state index contributed by atoms with van der Waals surface area (Å²) in [5.41, 5.74) is 0.873. The quantitative estimate of drug-likeness (QED) is 0.802. The summed E-state index contributed by atoms with van der Waals surface area (Å²) in [5.74, 6) is 2.66. The maximum Gasteiger partial charge on any atom is 0.324 e. The van der Waals surface area contributed by atoms with Crippen molar-refractivity contribution in [3.05, 3.63) is 24.3 Å². The number of nitrogens with one attached hydrogen (secondary N) is 1. The maximum atomic E-state index is 13.0. The molecule has 2 heterocycles. The maximum absolute atomic E-state index is 13.0. The normalized spacial score (nSPS) is 27.0. The molecule has 1 aliphatic heterocycles. The number of nitrogens with zero attached hydrogens (tertiary/aromatic N) is 3. The third-order valence-electron chi connectivity index (χ3n) is 6.86. The van der Waals surface area contributed by atoms with Gasteiger partial charge >= 0.3 is 6.01 Å². The van der Waals surface area contributed by atoms with Gasteiger partial charge in [-0.05, 0) is 55.4 Å². The van der Waals surface area contributed by atoms with Crippen LogP contribution >= 0.6 is 0 Å². The number of piperidine rings is 1. The van der Waals surface area contributed by atoms with E-state index in [-0.39, 0.29) is 11.8 Å². The molecule has 2 aromatic rings. The summed E-state index contributed by atoms with van der Waals surface area (Å²) in [7, 11) is 1.64. The lowest BCUT2D eigenvalue weighted by Gasteiger charge is -2.37. The Labute approximate surface area is 178 Å². The van der Waals surface area contributed by atoms with Crippen LogP contribution in [0, 0.1) is 17.8 Å². The van der Waals surface area contributed by atoms with Crippen LogP contribution < -0.4 is 15.0 Å². The van der Waals surface area contributed by atoms with Crippen molar-refractivity contribution < 1.29 is 14.1 Å². The van der Waals surface area contributed by atoms with E-state index < -0.39 is 0 Å². The predicted octanol–water partition coefficient (Wildman–Crippen LogP) is 3.90. The molecule has 162 valence electrons. The highest BCUT2D eigenvalue weighted by Gasteiger charge is 2.33. The molecule has 1 amide bonds. The van der Waals surface area contributed by atoms with Crippen molar-refractivity contribution in [1.82, 2.24) is 15.5 Å². The number of amides is 1. The number of methoxy groups -OCH3 is 1. The summed E-state index contributed by atoms with van der Waals surface area (Å²) in [6.07, 6.45) is 5.39. The number of aromatic nitrogens is 2. The van der Waals surface area contributed by atoms with E-state index in [0.717, 1.165) is 37.1 Å². The minimum atomic E-state index is -0.0421. The fraction of sp³-hybridized carbons (Fsp3) is 0.609. The van der Waals surface area contributed by atoms with Crippen LogP contribution in [0.15, 0.2) is 28.8 Å². The number of rotatable bonds is 5.